The second kappa shape index (κ2) is 14.0. The van der Waals surface area contributed by atoms with E-state index in [-0.39, 0.29) is 6.61 Å². The molecule has 3 heterocycles. The van der Waals surface area contributed by atoms with Crippen LogP contribution >= 0.6 is 0 Å². The van der Waals surface area contributed by atoms with E-state index in [9.17, 15) is 14.7 Å². The van der Waals surface area contributed by atoms with Crippen molar-refractivity contribution in [2.24, 2.45) is 0 Å². The third kappa shape index (κ3) is 6.37. The SMILES string of the molecule is COc1ccc(C(OC[C@@H]2O[C@H](n3ccc(=O)[nH]c3=O)[C@H](O[C@H]3CCCCO3)[C@H]2O)(c2ccccc2)c2ccc(OC)cc2)cc1. The van der Waals surface area contributed by atoms with Crippen LogP contribution in [-0.4, -0.2) is 66.7 Å². The lowest BCUT2D eigenvalue weighted by Crippen LogP contribution is -2.43. The van der Waals surface area contributed by atoms with Gasteiger partial charge in [0.05, 0.1) is 20.8 Å². The molecule has 6 rings (SSSR count). The fourth-order valence-electron chi connectivity index (χ4n) is 6.13. The summed E-state index contributed by atoms with van der Waals surface area (Å²) in [6.07, 6.45) is -0.910. The number of ether oxygens (including phenoxy) is 6. The first-order valence-electron chi connectivity index (χ1n) is 15.3. The summed E-state index contributed by atoms with van der Waals surface area (Å²) < 4.78 is 37.5. The van der Waals surface area contributed by atoms with Gasteiger partial charge in [0.1, 0.15) is 35.4 Å². The van der Waals surface area contributed by atoms with Crippen molar-refractivity contribution in [1.29, 1.82) is 0 Å². The van der Waals surface area contributed by atoms with Gasteiger partial charge in [0, 0.05) is 18.9 Å². The van der Waals surface area contributed by atoms with Crippen molar-refractivity contribution < 1.29 is 33.5 Å². The quantitative estimate of drug-likeness (QED) is 0.238. The van der Waals surface area contributed by atoms with E-state index < -0.39 is 47.7 Å². The van der Waals surface area contributed by atoms with E-state index >= 15 is 0 Å². The van der Waals surface area contributed by atoms with Gasteiger partial charge in [-0.15, -0.1) is 0 Å². The molecule has 46 heavy (non-hydrogen) atoms. The molecule has 11 nitrogen and oxygen atoms in total. The van der Waals surface area contributed by atoms with Gasteiger partial charge in [-0.2, -0.15) is 0 Å². The van der Waals surface area contributed by atoms with Gasteiger partial charge in [0.15, 0.2) is 12.5 Å². The maximum Gasteiger partial charge on any atom is 0.330 e. The molecule has 0 amide bonds. The molecular formula is C35H38N2O9. The molecule has 2 N–H and O–H groups in total. The molecule has 4 aromatic rings. The normalized spacial score (nSPS) is 23.2. The van der Waals surface area contributed by atoms with E-state index in [4.69, 9.17) is 28.4 Å². The van der Waals surface area contributed by atoms with E-state index in [2.05, 4.69) is 4.98 Å². The summed E-state index contributed by atoms with van der Waals surface area (Å²) in [6.45, 7) is 0.446. The van der Waals surface area contributed by atoms with Crippen LogP contribution in [0, 0.1) is 0 Å². The first-order chi connectivity index (χ1) is 22.4. The molecule has 0 saturated carbocycles. The summed E-state index contributed by atoms with van der Waals surface area (Å²) in [6, 6.07) is 26.2. The van der Waals surface area contributed by atoms with Crippen LogP contribution in [0.5, 0.6) is 11.5 Å². The molecule has 2 aliphatic heterocycles. The molecule has 0 aliphatic carbocycles. The summed E-state index contributed by atoms with van der Waals surface area (Å²) in [5.74, 6) is 1.38. The van der Waals surface area contributed by atoms with Gasteiger partial charge < -0.3 is 33.5 Å². The molecule has 2 fully saturated rings. The van der Waals surface area contributed by atoms with Crippen LogP contribution in [0.1, 0.15) is 42.2 Å². The number of methoxy groups -OCH3 is 2. The Morgan fingerprint density at radius 2 is 1.50 bits per heavy atom. The van der Waals surface area contributed by atoms with E-state index in [0.717, 1.165) is 29.5 Å². The minimum absolute atomic E-state index is 0.0892. The standard InChI is InChI=1S/C35H38N2O9/c1-41-26-15-11-24(12-16-26)35(23-8-4-3-5-9-23,25-13-17-27(42-2)18-14-25)44-22-28-31(39)32(46-30-10-6-7-21-43-30)33(45-28)37-20-19-29(38)36-34(37)40/h3-5,8-9,11-20,28,30-33,39H,6-7,10,21-22H2,1-2H3,(H,36,38,40)/t28-,30-,31-,32+,33-/m0/s1. The molecule has 3 aromatic carbocycles. The molecule has 0 spiro atoms. The van der Waals surface area contributed by atoms with Crippen molar-refractivity contribution in [2.45, 2.75) is 55.7 Å². The van der Waals surface area contributed by atoms with Crippen LogP contribution in [0.25, 0.3) is 0 Å². The van der Waals surface area contributed by atoms with Crippen molar-refractivity contribution in [2.75, 3.05) is 27.4 Å². The Labute approximate surface area is 266 Å². The summed E-state index contributed by atoms with van der Waals surface area (Å²) in [5.41, 5.74) is 0.0926. The predicted octanol–water partition coefficient (Wildman–Crippen LogP) is 3.73. The van der Waals surface area contributed by atoms with Crippen LogP contribution in [0.2, 0.25) is 0 Å². The number of aliphatic hydroxyl groups is 1. The second-order valence-electron chi connectivity index (χ2n) is 11.3. The van der Waals surface area contributed by atoms with Crippen LogP contribution in [-0.2, 0) is 24.5 Å². The zero-order chi connectivity index (χ0) is 32.1. The Morgan fingerprint density at radius 1 is 0.870 bits per heavy atom. The number of nitrogens with zero attached hydrogens (tertiary/aromatic N) is 1. The highest BCUT2D eigenvalue weighted by Gasteiger charge is 2.49. The maximum atomic E-state index is 12.9. The van der Waals surface area contributed by atoms with Gasteiger partial charge in [-0.1, -0.05) is 54.6 Å². The van der Waals surface area contributed by atoms with Crippen molar-refractivity contribution in [3.05, 3.63) is 129 Å². The average molecular weight is 631 g/mol. The topological polar surface area (TPSA) is 130 Å². The number of aliphatic hydroxyl groups excluding tert-OH is 1. The highest BCUT2D eigenvalue weighted by atomic mass is 16.7. The third-order valence-electron chi connectivity index (χ3n) is 8.52. The lowest BCUT2D eigenvalue weighted by molar-refractivity contribution is -0.215. The number of rotatable bonds is 11. The van der Waals surface area contributed by atoms with Crippen LogP contribution in [0.4, 0.5) is 0 Å². The van der Waals surface area contributed by atoms with Gasteiger partial charge in [-0.25, -0.2) is 4.79 Å². The Hall–Kier alpha value is -4.26. The van der Waals surface area contributed by atoms with Crippen molar-refractivity contribution >= 4 is 0 Å². The van der Waals surface area contributed by atoms with Crippen molar-refractivity contribution in [3.8, 4) is 11.5 Å². The molecule has 5 atom stereocenters. The summed E-state index contributed by atoms with van der Waals surface area (Å²) in [5, 5.41) is 11.7. The molecule has 0 unspecified atom stereocenters. The first kappa shape index (κ1) is 31.7. The molecule has 0 bridgehead atoms. The largest absolute Gasteiger partial charge is 0.497 e. The number of aromatic amines is 1. The Kier molecular flexibility index (Phi) is 9.67. The van der Waals surface area contributed by atoms with E-state index in [0.29, 0.717) is 24.5 Å². The minimum Gasteiger partial charge on any atom is -0.497 e. The highest BCUT2D eigenvalue weighted by molar-refractivity contribution is 5.49. The second-order valence-corrected chi connectivity index (χ2v) is 11.3. The van der Waals surface area contributed by atoms with E-state index in [1.54, 1.807) is 14.2 Å². The number of aromatic nitrogens is 2. The van der Waals surface area contributed by atoms with Gasteiger partial charge in [0.2, 0.25) is 0 Å². The third-order valence-corrected chi connectivity index (χ3v) is 8.52. The number of hydrogen-bond acceptors (Lipinski definition) is 9. The monoisotopic (exact) mass is 630 g/mol. The number of benzene rings is 3. The lowest BCUT2D eigenvalue weighted by atomic mass is 9.80. The van der Waals surface area contributed by atoms with Gasteiger partial charge in [-0.3, -0.25) is 14.3 Å². The number of nitrogens with one attached hydrogen (secondary N) is 1. The van der Waals surface area contributed by atoms with Gasteiger partial charge in [-0.05, 0) is 60.2 Å². The Morgan fingerprint density at radius 3 is 2.07 bits per heavy atom. The molecule has 242 valence electrons. The van der Waals surface area contributed by atoms with E-state index in [1.165, 1.54) is 16.8 Å². The molecule has 2 saturated heterocycles. The molecular weight excluding hydrogens is 592 g/mol. The highest BCUT2D eigenvalue weighted by Crippen LogP contribution is 2.43. The number of hydrogen-bond donors (Lipinski definition) is 2. The molecule has 2 aliphatic rings. The summed E-state index contributed by atoms with van der Waals surface area (Å²) in [7, 11) is 3.22. The van der Waals surface area contributed by atoms with Gasteiger partial charge >= 0.3 is 5.69 Å². The molecule has 0 radical (unpaired) electrons. The average Bonchev–Trinajstić information content (AvgIpc) is 3.40. The predicted molar refractivity (Wildman–Crippen MR) is 168 cm³/mol. The van der Waals surface area contributed by atoms with Crippen molar-refractivity contribution in [3.63, 3.8) is 0 Å². The fourth-order valence-corrected chi connectivity index (χ4v) is 6.13. The minimum atomic E-state index is -1.20. The number of H-pyrrole nitrogens is 1. The Balaban J connectivity index is 1.39. The maximum absolute atomic E-state index is 12.9. The van der Waals surface area contributed by atoms with Crippen LogP contribution < -0.4 is 20.7 Å². The molecule has 11 heteroatoms. The van der Waals surface area contributed by atoms with E-state index in [1.807, 2.05) is 78.9 Å². The lowest BCUT2D eigenvalue weighted by Gasteiger charge is -2.37. The van der Waals surface area contributed by atoms with Crippen LogP contribution in [0.3, 0.4) is 0 Å². The summed E-state index contributed by atoms with van der Waals surface area (Å²) >= 11 is 0. The van der Waals surface area contributed by atoms with Crippen LogP contribution in [0.15, 0.2) is 101 Å². The fraction of sp³-hybridized carbons (Fsp3) is 0.371. The first-order valence-corrected chi connectivity index (χ1v) is 15.3. The van der Waals surface area contributed by atoms with Gasteiger partial charge in [0.25, 0.3) is 5.56 Å². The Bertz CT molecular complexity index is 1630. The molecule has 1 aromatic heterocycles. The van der Waals surface area contributed by atoms with Crippen molar-refractivity contribution in [1.82, 2.24) is 9.55 Å². The smallest absolute Gasteiger partial charge is 0.330 e. The zero-order valence-corrected chi connectivity index (χ0v) is 25.7. The summed E-state index contributed by atoms with van der Waals surface area (Å²) in [4.78, 5) is 27.0. The zero-order valence-electron chi connectivity index (χ0n) is 25.7.